The Labute approximate surface area is 155 Å². The van der Waals surface area contributed by atoms with E-state index in [2.05, 4.69) is 10.6 Å². The molecule has 0 aromatic heterocycles. The quantitative estimate of drug-likeness (QED) is 0.700. The van der Waals surface area contributed by atoms with E-state index in [1.165, 1.54) is 6.92 Å². The molecule has 0 saturated carbocycles. The largest absolute Gasteiger partial charge is 0.371 e. The maximum atomic E-state index is 12.4. The van der Waals surface area contributed by atoms with Gasteiger partial charge in [-0.3, -0.25) is 9.59 Å². The fourth-order valence-electron chi connectivity index (χ4n) is 3.48. The van der Waals surface area contributed by atoms with Gasteiger partial charge in [-0.2, -0.15) is 0 Å². The van der Waals surface area contributed by atoms with Crippen molar-refractivity contribution in [2.45, 2.75) is 58.1 Å². The van der Waals surface area contributed by atoms with E-state index >= 15 is 0 Å². The molecule has 0 aromatic rings. The average molecular weight is 368 g/mol. The number of morpholine rings is 1. The zero-order valence-electron chi connectivity index (χ0n) is 16.2. The molecule has 2 rings (SSSR count). The minimum absolute atomic E-state index is 0.0310. The molecular weight excluding hydrogens is 336 g/mol. The van der Waals surface area contributed by atoms with Crippen molar-refractivity contribution in [1.82, 2.24) is 20.4 Å². The van der Waals surface area contributed by atoms with Gasteiger partial charge in [-0.25, -0.2) is 4.79 Å². The first-order valence-electron chi connectivity index (χ1n) is 9.53. The highest BCUT2D eigenvalue weighted by Gasteiger charge is 2.41. The number of carbonyl (C=O) groups is 3. The van der Waals surface area contributed by atoms with Crippen molar-refractivity contribution in [3.8, 4) is 0 Å². The van der Waals surface area contributed by atoms with Gasteiger partial charge in [0.2, 0.25) is 11.8 Å². The number of hydrogen-bond acceptors (Lipinski definition) is 4. The Bertz CT molecular complexity index is 515. The van der Waals surface area contributed by atoms with Crippen LogP contribution in [0.3, 0.4) is 0 Å². The Morgan fingerprint density at radius 2 is 1.81 bits per heavy atom. The summed E-state index contributed by atoms with van der Waals surface area (Å²) in [7, 11) is 0. The Morgan fingerprint density at radius 3 is 2.42 bits per heavy atom. The van der Waals surface area contributed by atoms with Crippen molar-refractivity contribution in [3.63, 3.8) is 0 Å². The second-order valence-electron chi connectivity index (χ2n) is 7.52. The number of ether oxygens (including phenoxy) is 1. The van der Waals surface area contributed by atoms with Gasteiger partial charge in [-0.15, -0.1) is 0 Å². The lowest BCUT2D eigenvalue weighted by Gasteiger charge is -2.47. The van der Waals surface area contributed by atoms with Gasteiger partial charge in [0, 0.05) is 52.1 Å². The first-order chi connectivity index (χ1) is 12.3. The molecule has 0 atom stereocenters. The van der Waals surface area contributed by atoms with E-state index in [1.807, 2.05) is 23.6 Å². The Morgan fingerprint density at radius 1 is 1.12 bits per heavy atom. The first kappa shape index (κ1) is 20.5. The van der Waals surface area contributed by atoms with Crippen molar-refractivity contribution in [2.75, 3.05) is 39.3 Å². The number of amides is 4. The number of urea groups is 1. The van der Waals surface area contributed by atoms with Crippen LogP contribution in [-0.2, 0) is 14.3 Å². The predicted molar refractivity (Wildman–Crippen MR) is 97.7 cm³/mol. The summed E-state index contributed by atoms with van der Waals surface area (Å²) in [5.41, 5.74) is -0.333. The van der Waals surface area contributed by atoms with Gasteiger partial charge >= 0.3 is 6.03 Å². The molecule has 0 bridgehead atoms. The van der Waals surface area contributed by atoms with Crippen LogP contribution in [0.15, 0.2) is 0 Å². The fraction of sp³-hybridized carbons (Fsp3) is 0.833. The molecule has 2 fully saturated rings. The standard InChI is InChI=1S/C18H32N4O4/c1-14(2)20-17(25)21-9-6-18(7-10-21)13-22(11-12-26-18)16(24)5-4-8-19-15(3)23/h14H,4-13H2,1-3H3,(H,19,23)(H,20,25). The van der Waals surface area contributed by atoms with E-state index in [4.69, 9.17) is 4.74 Å². The van der Waals surface area contributed by atoms with Crippen LogP contribution >= 0.6 is 0 Å². The summed E-state index contributed by atoms with van der Waals surface area (Å²) >= 11 is 0. The van der Waals surface area contributed by atoms with Crippen LogP contribution in [0.2, 0.25) is 0 Å². The SMILES string of the molecule is CC(=O)NCCCC(=O)N1CCOC2(CCN(C(=O)NC(C)C)CC2)C1. The van der Waals surface area contributed by atoms with Crippen molar-refractivity contribution in [1.29, 1.82) is 0 Å². The van der Waals surface area contributed by atoms with E-state index in [0.717, 1.165) is 12.8 Å². The smallest absolute Gasteiger partial charge is 0.317 e. The van der Waals surface area contributed by atoms with Crippen LogP contribution in [0.5, 0.6) is 0 Å². The second kappa shape index (κ2) is 9.21. The summed E-state index contributed by atoms with van der Waals surface area (Å²) in [4.78, 5) is 39.1. The first-order valence-corrected chi connectivity index (χ1v) is 9.53. The van der Waals surface area contributed by atoms with Gasteiger partial charge in [-0.05, 0) is 33.1 Å². The molecule has 2 heterocycles. The molecule has 0 aliphatic carbocycles. The molecule has 8 heteroatoms. The van der Waals surface area contributed by atoms with E-state index in [9.17, 15) is 14.4 Å². The molecule has 0 aromatic carbocycles. The van der Waals surface area contributed by atoms with Gasteiger partial charge in [0.1, 0.15) is 0 Å². The number of likely N-dealkylation sites (tertiary alicyclic amines) is 1. The third-order valence-corrected chi connectivity index (χ3v) is 4.92. The maximum Gasteiger partial charge on any atom is 0.317 e. The number of carbonyl (C=O) groups excluding carboxylic acids is 3. The number of hydrogen-bond donors (Lipinski definition) is 2. The minimum Gasteiger partial charge on any atom is -0.371 e. The van der Waals surface area contributed by atoms with Crippen molar-refractivity contribution in [3.05, 3.63) is 0 Å². The summed E-state index contributed by atoms with van der Waals surface area (Å²) < 4.78 is 6.04. The van der Waals surface area contributed by atoms with Crippen LogP contribution in [0.25, 0.3) is 0 Å². The highest BCUT2D eigenvalue weighted by atomic mass is 16.5. The summed E-state index contributed by atoms with van der Waals surface area (Å²) in [6.45, 7) is 8.91. The summed E-state index contributed by atoms with van der Waals surface area (Å²) in [5.74, 6) is 0.0362. The highest BCUT2D eigenvalue weighted by Crippen LogP contribution is 2.30. The molecule has 8 nitrogen and oxygen atoms in total. The fourth-order valence-corrected chi connectivity index (χ4v) is 3.48. The van der Waals surface area contributed by atoms with E-state index in [1.54, 1.807) is 0 Å². The Kier molecular flexibility index (Phi) is 7.25. The van der Waals surface area contributed by atoms with E-state index < -0.39 is 0 Å². The molecule has 0 radical (unpaired) electrons. The highest BCUT2D eigenvalue weighted by molar-refractivity contribution is 5.77. The summed E-state index contributed by atoms with van der Waals surface area (Å²) in [6, 6.07) is 0.0893. The molecule has 4 amide bonds. The Hall–Kier alpha value is -1.83. The van der Waals surface area contributed by atoms with Crippen LogP contribution in [0.1, 0.15) is 46.5 Å². The zero-order chi connectivity index (χ0) is 19.2. The van der Waals surface area contributed by atoms with Crippen LogP contribution < -0.4 is 10.6 Å². The topological polar surface area (TPSA) is 91.0 Å². The van der Waals surface area contributed by atoms with Crippen LogP contribution in [0, 0.1) is 0 Å². The number of nitrogens with zero attached hydrogens (tertiary/aromatic N) is 2. The van der Waals surface area contributed by atoms with Gasteiger partial charge in [-0.1, -0.05) is 0 Å². The average Bonchev–Trinajstić information content (AvgIpc) is 2.58. The van der Waals surface area contributed by atoms with Gasteiger partial charge < -0.3 is 25.2 Å². The third-order valence-electron chi connectivity index (χ3n) is 4.92. The molecule has 2 N–H and O–H groups in total. The monoisotopic (exact) mass is 368 g/mol. The van der Waals surface area contributed by atoms with Crippen molar-refractivity contribution in [2.24, 2.45) is 0 Å². The van der Waals surface area contributed by atoms with E-state index in [0.29, 0.717) is 52.2 Å². The summed E-state index contributed by atoms with van der Waals surface area (Å²) in [5, 5.41) is 5.63. The molecule has 0 unspecified atom stereocenters. The van der Waals surface area contributed by atoms with Crippen LogP contribution in [0.4, 0.5) is 4.79 Å². The third kappa shape index (κ3) is 5.86. The van der Waals surface area contributed by atoms with Crippen LogP contribution in [-0.4, -0.2) is 78.6 Å². The molecule has 1 spiro atoms. The molecule has 148 valence electrons. The lowest BCUT2D eigenvalue weighted by molar-refractivity contribution is -0.158. The maximum absolute atomic E-state index is 12.4. The second-order valence-corrected chi connectivity index (χ2v) is 7.52. The van der Waals surface area contributed by atoms with Crippen molar-refractivity contribution >= 4 is 17.8 Å². The normalized spacial score (nSPS) is 19.5. The number of piperidine rings is 1. The molecule has 2 aliphatic heterocycles. The summed E-state index contributed by atoms with van der Waals surface area (Å²) in [6.07, 6.45) is 2.56. The number of rotatable bonds is 5. The zero-order valence-corrected chi connectivity index (χ0v) is 16.2. The molecule has 26 heavy (non-hydrogen) atoms. The molecule has 2 saturated heterocycles. The lowest BCUT2D eigenvalue weighted by Crippen LogP contribution is -2.59. The predicted octanol–water partition coefficient (Wildman–Crippen LogP) is 0.714. The van der Waals surface area contributed by atoms with Gasteiger partial charge in [0.05, 0.1) is 12.2 Å². The van der Waals surface area contributed by atoms with Gasteiger partial charge in [0.15, 0.2) is 0 Å². The lowest BCUT2D eigenvalue weighted by atomic mass is 9.89. The molecular formula is C18H32N4O4. The van der Waals surface area contributed by atoms with Gasteiger partial charge in [0.25, 0.3) is 0 Å². The Balaban J connectivity index is 1.79. The van der Waals surface area contributed by atoms with E-state index in [-0.39, 0.29) is 29.5 Å². The van der Waals surface area contributed by atoms with Crippen molar-refractivity contribution < 1.29 is 19.1 Å². The molecule has 2 aliphatic rings. The minimum atomic E-state index is -0.333. The number of nitrogens with one attached hydrogen (secondary N) is 2.